The average molecular weight is 316 g/mol. The Hall–Kier alpha value is -1.72. The molecule has 0 radical (unpaired) electrons. The van der Waals surface area contributed by atoms with Gasteiger partial charge in [-0.2, -0.15) is 0 Å². The van der Waals surface area contributed by atoms with Crippen molar-refractivity contribution in [3.63, 3.8) is 0 Å². The first-order valence-corrected chi connectivity index (χ1v) is 8.35. The number of allylic oxidation sites excluding steroid dienone is 3. The summed E-state index contributed by atoms with van der Waals surface area (Å²) in [6.45, 7) is 0. The van der Waals surface area contributed by atoms with Crippen LogP contribution in [0.3, 0.4) is 0 Å². The number of benzene rings is 1. The lowest BCUT2D eigenvalue weighted by atomic mass is 9.92. The number of para-hydroxylation sites is 1. The molecule has 2 atom stereocenters. The molecule has 3 rings (SSSR count). The van der Waals surface area contributed by atoms with Crippen molar-refractivity contribution >= 4 is 23.5 Å². The molecule has 1 aliphatic carbocycles. The van der Waals surface area contributed by atoms with E-state index < -0.39 is 6.10 Å². The van der Waals surface area contributed by atoms with Gasteiger partial charge in [0.15, 0.2) is 6.10 Å². The number of carbonyl (C=O) groups excluding carboxylic acids is 1. The fraction of sp³-hybridized carbons (Fsp3) is 0.353. The molecule has 2 unspecified atom stereocenters. The standard InChI is InChI=1S/C17H20N2O2S/c1-21-16-15(13-9-5-6-10-14(13)18)19(17(16)20)22-11-12-7-3-2-4-8-12/h3,5-10,15-16H,2,4,11,18H2,1H3. The third kappa shape index (κ3) is 2.78. The summed E-state index contributed by atoms with van der Waals surface area (Å²) in [4.78, 5) is 12.3. The van der Waals surface area contributed by atoms with Crippen LogP contribution in [0, 0.1) is 0 Å². The second kappa shape index (κ2) is 6.58. The van der Waals surface area contributed by atoms with E-state index in [0.717, 1.165) is 24.2 Å². The summed E-state index contributed by atoms with van der Waals surface area (Å²) in [6, 6.07) is 7.55. The zero-order valence-corrected chi connectivity index (χ0v) is 13.4. The van der Waals surface area contributed by atoms with E-state index in [2.05, 4.69) is 18.2 Å². The molecule has 1 fully saturated rings. The maximum absolute atomic E-state index is 12.3. The largest absolute Gasteiger partial charge is 0.398 e. The first kappa shape index (κ1) is 15.2. The molecule has 116 valence electrons. The van der Waals surface area contributed by atoms with Crippen molar-refractivity contribution in [3.05, 3.63) is 53.6 Å². The minimum Gasteiger partial charge on any atom is -0.398 e. The molecule has 0 aromatic heterocycles. The zero-order chi connectivity index (χ0) is 15.5. The van der Waals surface area contributed by atoms with Gasteiger partial charge in [0.1, 0.15) is 6.04 Å². The third-order valence-corrected chi connectivity index (χ3v) is 5.16. The van der Waals surface area contributed by atoms with Gasteiger partial charge in [0.25, 0.3) is 5.91 Å². The average Bonchev–Trinajstić information content (AvgIpc) is 2.55. The van der Waals surface area contributed by atoms with Crippen LogP contribution in [0.5, 0.6) is 0 Å². The number of methoxy groups -OCH3 is 1. The highest BCUT2D eigenvalue weighted by molar-refractivity contribution is 7.97. The van der Waals surface area contributed by atoms with E-state index in [1.54, 1.807) is 11.4 Å². The predicted molar refractivity (Wildman–Crippen MR) is 90.2 cm³/mol. The van der Waals surface area contributed by atoms with Gasteiger partial charge in [-0.05, 0) is 36.4 Å². The highest BCUT2D eigenvalue weighted by Gasteiger charge is 2.49. The number of amides is 1. The summed E-state index contributed by atoms with van der Waals surface area (Å²) < 4.78 is 7.15. The molecule has 1 aliphatic heterocycles. The van der Waals surface area contributed by atoms with E-state index in [1.165, 1.54) is 17.5 Å². The summed E-state index contributed by atoms with van der Waals surface area (Å²) in [6.07, 6.45) is 8.30. The van der Waals surface area contributed by atoms with Gasteiger partial charge in [0, 0.05) is 24.1 Å². The molecule has 1 aromatic carbocycles. The summed E-state index contributed by atoms with van der Waals surface area (Å²) in [5.74, 6) is 0.809. The summed E-state index contributed by atoms with van der Waals surface area (Å²) in [5.41, 5.74) is 8.99. The van der Waals surface area contributed by atoms with Crippen LogP contribution >= 0.6 is 11.9 Å². The second-order valence-electron chi connectivity index (χ2n) is 5.43. The molecular formula is C17H20N2O2S. The number of anilines is 1. The van der Waals surface area contributed by atoms with Gasteiger partial charge in [-0.3, -0.25) is 9.10 Å². The normalized spacial score (nSPS) is 24.1. The number of ether oxygens (including phenoxy) is 1. The molecule has 0 saturated carbocycles. The molecule has 1 saturated heterocycles. The minimum absolute atomic E-state index is 0.0149. The number of carbonyl (C=O) groups is 1. The number of β-lactam (4-membered cyclic amide) rings is 1. The number of rotatable bonds is 5. The van der Waals surface area contributed by atoms with Gasteiger partial charge >= 0.3 is 0 Å². The van der Waals surface area contributed by atoms with Crippen LogP contribution in [-0.4, -0.2) is 29.2 Å². The number of nitrogens with zero attached hydrogens (tertiary/aromatic N) is 1. The molecule has 5 heteroatoms. The van der Waals surface area contributed by atoms with Crippen molar-refractivity contribution in [2.75, 3.05) is 18.6 Å². The van der Waals surface area contributed by atoms with E-state index in [9.17, 15) is 4.79 Å². The Balaban J connectivity index is 1.74. The quantitative estimate of drug-likeness (QED) is 0.515. The van der Waals surface area contributed by atoms with E-state index >= 15 is 0 Å². The molecule has 4 nitrogen and oxygen atoms in total. The van der Waals surface area contributed by atoms with Gasteiger partial charge in [-0.25, -0.2) is 0 Å². The van der Waals surface area contributed by atoms with Crippen LogP contribution in [0.15, 0.2) is 48.1 Å². The van der Waals surface area contributed by atoms with Gasteiger partial charge in [-0.1, -0.05) is 36.4 Å². The molecule has 1 aromatic rings. The lowest BCUT2D eigenvalue weighted by Crippen LogP contribution is -2.56. The molecule has 2 aliphatic rings. The monoisotopic (exact) mass is 316 g/mol. The topological polar surface area (TPSA) is 55.6 Å². The van der Waals surface area contributed by atoms with E-state index in [-0.39, 0.29) is 11.9 Å². The van der Waals surface area contributed by atoms with Crippen molar-refractivity contribution in [1.82, 2.24) is 4.31 Å². The number of hydrogen-bond acceptors (Lipinski definition) is 4. The molecule has 1 heterocycles. The first-order chi connectivity index (χ1) is 10.7. The minimum atomic E-state index is -0.437. The van der Waals surface area contributed by atoms with Crippen molar-refractivity contribution in [3.8, 4) is 0 Å². The van der Waals surface area contributed by atoms with Crippen LogP contribution in [0.25, 0.3) is 0 Å². The van der Waals surface area contributed by atoms with Crippen LogP contribution in [-0.2, 0) is 9.53 Å². The Labute approximate surface area is 135 Å². The van der Waals surface area contributed by atoms with Gasteiger partial charge < -0.3 is 10.5 Å². The highest BCUT2D eigenvalue weighted by Crippen LogP contribution is 2.44. The zero-order valence-electron chi connectivity index (χ0n) is 12.6. The van der Waals surface area contributed by atoms with Gasteiger partial charge in [-0.15, -0.1) is 0 Å². The van der Waals surface area contributed by atoms with Crippen LogP contribution in [0.1, 0.15) is 24.4 Å². The SMILES string of the molecule is COC1C(=O)N(SCC2=CCCC=C2)C1c1ccccc1N. The van der Waals surface area contributed by atoms with Crippen LogP contribution < -0.4 is 5.73 Å². The van der Waals surface area contributed by atoms with E-state index in [4.69, 9.17) is 10.5 Å². The van der Waals surface area contributed by atoms with Gasteiger partial charge in [0.05, 0.1) is 0 Å². The fourth-order valence-corrected chi connectivity index (χ4v) is 3.92. The Morgan fingerprint density at radius 3 is 2.86 bits per heavy atom. The maximum Gasteiger partial charge on any atom is 0.264 e. The molecule has 2 N–H and O–H groups in total. The molecule has 0 spiro atoms. The smallest absolute Gasteiger partial charge is 0.264 e. The predicted octanol–water partition coefficient (Wildman–Crippen LogP) is 3.09. The van der Waals surface area contributed by atoms with Crippen LogP contribution in [0.2, 0.25) is 0 Å². The van der Waals surface area contributed by atoms with E-state index in [0.29, 0.717) is 5.69 Å². The Morgan fingerprint density at radius 2 is 2.18 bits per heavy atom. The molecule has 1 amide bonds. The second-order valence-corrected chi connectivity index (χ2v) is 6.37. The number of nitrogen functional groups attached to an aromatic ring is 1. The Bertz CT molecular complexity index is 627. The van der Waals surface area contributed by atoms with Crippen molar-refractivity contribution in [1.29, 1.82) is 0 Å². The van der Waals surface area contributed by atoms with Crippen molar-refractivity contribution in [2.24, 2.45) is 0 Å². The lowest BCUT2D eigenvalue weighted by Gasteiger charge is -2.45. The molecule has 0 bridgehead atoms. The van der Waals surface area contributed by atoms with Gasteiger partial charge in [0.2, 0.25) is 0 Å². The fourth-order valence-electron chi connectivity index (χ4n) is 2.80. The van der Waals surface area contributed by atoms with Crippen molar-refractivity contribution in [2.45, 2.75) is 25.0 Å². The number of nitrogens with two attached hydrogens (primary N) is 1. The third-order valence-electron chi connectivity index (χ3n) is 4.01. The Kier molecular flexibility index (Phi) is 4.55. The number of hydrogen-bond donors (Lipinski definition) is 1. The van der Waals surface area contributed by atoms with E-state index in [1.807, 2.05) is 24.3 Å². The summed E-state index contributed by atoms with van der Waals surface area (Å²) >= 11 is 1.54. The van der Waals surface area contributed by atoms with Crippen molar-refractivity contribution < 1.29 is 9.53 Å². The highest BCUT2D eigenvalue weighted by atomic mass is 32.2. The summed E-state index contributed by atoms with van der Waals surface area (Å²) in [7, 11) is 1.57. The first-order valence-electron chi connectivity index (χ1n) is 7.41. The molecule has 22 heavy (non-hydrogen) atoms. The Morgan fingerprint density at radius 1 is 1.36 bits per heavy atom. The molecular weight excluding hydrogens is 296 g/mol. The van der Waals surface area contributed by atoms with Crippen LogP contribution in [0.4, 0.5) is 5.69 Å². The summed E-state index contributed by atoms with van der Waals surface area (Å²) in [5, 5.41) is 0. The maximum atomic E-state index is 12.3. The lowest BCUT2D eigenvalue weighted by molar-refractivity contribution is -0.158.